The zero-order valence-corrected chi connectivity index (χ0v) is 10.8. The van der Waals surface area contributed by atoms with Gasteiger partial charge in [0.15, 0.2) is 0 Å². The summed E-state index contributed by atoms with van der Waals surface area (Å²) in [5.41, 5.74) is 0. The Balaban J connectivity index is 2.00. The Morgan fingerprint density at radius 1 is 0.938 bits per heavy atom. The van der Waals surface area contributed by atoms with Gasteiger partial charge in [-0.05, 0) is 55.8 Å². The van der Waals surface area contributed by atoms with Gasteiger partial charge in [0.2, 0.25) is 0 Å². The van der Waals surface area contributed by atoms with Crippen molar-refractivity contribution in [1.82, 2.24) is 0 Å². The molecule has 0 radical (unpaired) electrons. The molecule has 4 unspecified atom stereocenters. The molecule has 1 heteroatoms. The fourth-order valence-electron chi connectivity index (χ4n) is 4.30. The number of carbonyl (C=O) groups excluding carboxylic acids is 1. The zero-order chi connectivity index (χ0) is 11.5. The molecule has 0 aromatic heterocycles. The molecule has 0 spiro atoms. The Bertz CT molecular complexity index is 226. The summed E-state index contributed by atoms with van der Waals surface area (Å²) in [5.74, 6) is 3.70. The lowest BCUT2D eigenvalue weighted by Crippen LogP contribution is -2.33. The fourth-order valence-corrected chi connectivity index (χ4v) is 4.30. The third-order valence-electron chi connectivity index (χ3n) is 4.87. The molecule has 2 aliphatic rings. The van der Waals surface area contributed by atoms with Crippen LogP contribution in [0.3, 0.4) is 0 Å². The summed E-state index contributed by atoms with van der Waals surface area (Å²) >= 11 is 0. The van der Waals surface area contributed by atoms with Crippen molar-refractivity contribution in [2.45, 2.75) is 58.8 Å². The van der Waals surface area contributed by atoms with Crippen LogP contribution >= 0.6 is 0 Å². The molecule has 1 nitrogen and oxygen atoms in total. The topological polar surface area (TPSA) is 17.1 Å². The van der Waals surface area contributed by atoms with Crippen molar-refractivity contribution >= 4 is 6.29 Å². The molecular formula is C15H26O. The lowest BCUT2D eigenvalue weighted by Gasteiger charge is -2.40. The summed E-state index contributed by atoms with van der Waals surface area (Å²) in [7, 11) is 0. The van der Waals surface area contributed by atoms with E-state index in [-0.39, 0.29) is 0 Å². The maximum absolute atomic E-state index is 11.2. The Labute approximate surface area is 100.0 Å². The van der Waals surface area contributed by atoms with Gasteiger partial charge in [0.05, 0.1) is 0 Å². The molecule has 0 bridgehead atoms. The molecule has 0 heterocycles. The molecule has 4 atom stereocenters. The molecule has 2 saturated carbocycles. The molecule has 0 aliphatic heterocycles. The molecule has 2 rings (SSSR count). The summed E-state index contributed by atoms with van der Waals surface area (Å²) in [5, 5.41) is 0. The quantitative estimate of drug-likeness (QED) is 0.644. The van der Waals surface area contributed by atoms with Crippen molar-refractivity contribution in [2.24, 2.45) is 29.6 Å². The monoisotopic (exact) mass is 222 g/mol. The Hall–Kier alpha value is -0.330. The van der Waals surface area contributed by atoms with Crippen LogP contribution in [0.2, 0.25) is 0 Å². The predicted molar refractivity (Wildman–Crippen MR) is 67.2 cm³/mol. The first-order chi connectivity index (χ1) is 7.70. The van der Waals surface area contributed by atoms with E-state index in [4.69, 9.17) is 0 Å². The number of hydrogen-bond acceptors (Lipinski definition) is 1. The highest BCUT2D eigenvalue weighted by Crippen LogP contribution is 2.43. The van der Waals surface area contributed by atoms with Crippen molar-refractivity contribution in [3.63, 3.8) is 0 Å². The largest absolute Gasteiger partial charge is 0.303 e. The van der Waals surface area contributed by atoms with Crippen LogP contribution in [0, 0.1) is 29.6 Å². The maximum Gasteiger partial charge on any atom is 0.123 e. The highest BCUT2D eigenvalue weighted by Gasteiger charge is 2.35. The molecule has 0 N–H and O–H groups in total. The van der Waals surface area contributed by atoms with E-state index in [1.165, 1.54) is 44.8 Å². The molecule has 0 saturated heterocycles. The second-order valence-electron chi connectivity index (χ2n) is 6.43. The smallest absolute Gasteiger partial charge is 0.123 e. The van der Waals surface area contributed by atoms with Gasteiger partial charge in [0.25, 0.3) is 0 Å². The molecular weight excluding hydrogens is 196 g/mol. The van der Waals surface area contributed by atoms with Gasteiger partial charge < -0.3 is 4.79 Å². The molecule has 16 heavy (non-hydrogen) atoms. The minimum Gasteiger partial charge on any atom is -0.303 e. The van der Waals surface area contributed by atoms with E-state index in [0.29, 0.717) is 5.92 Å². The minimum absolute atomic E-state index is 0.385. The minimum atomic E-state index is 0.385. The normalized spacial score (nSPS) is 45.2. The SMILES string of the molecule is CC1CC(C)CC(C2CCCCC2C=O)C1. The van der Waals surface area contributed by atoms with Gasteiger partial charge in [0.1, 0.15) is 6.29 Å². The van der Waals surface area contributed by atoms with E-state index < -0.39 is 0 Å². The van der Waals surface area contributed by atoms with Gasteiger partial charge in [-0.2, -0.15) is 0 Å². The van der Waals surface area contributed by atoms with Gasteiger partial charge >= 0.3 is 0 Å². The van der Waals surface area contributed by atoms with Gasteiger partial charge in [-0.25, -0.2) is 0 Å². The summed E-state index contributed by atoms with van der Waals surface area (Å²) in [6.45, 7) is 4.78. The number of hydrogen-bond donors (Lipinski definition) is 0. The first kappa shape index (κ1) is 12.1. The molecule has 92 valence electrons. The molecule has 2 fully saturated rings. The second-order valence-corrected chi connectivity index (χ2v) is 6.43. The number of aldehydes is 1. The van der Waals surface area contributed by atoms with E-state index in [1.54, 1.807) is 0 Å². The van der Waals surface area contributed by atoms with Crippen LogP contribution in [0.4, 0.5) is 0 Å². The van der Waals surface area contributed by atoms with Crippen molar-refractivity contribution < 1.29 is 4.79 Å². The Morgan fingerprint density at radius 3 is 2.19 bits per heavy atom. The average Bonchev–Trinajstić information content (AvgIpc) is 2.27. The lowest BCUT2D eigenvalue weighted by molar-refractivity contribution is -0.114. The van der Waals surface area contributed by atoms with Crippen molar-refractivity contribution in [2.75, 3.05) is 0 Å². The molecule has 0 aromatic rings. The Kier molecular flexibility index (Phi) is 4.05. The van der Waals surface area contributed by atoms with Crippen LogP contribution in [0.5, 0.6) is 0 Å². The maximum atomic E-state index is 11.2. The standard InChI is InChI=1S/C15H26O/c1-11-7-12(2)9-14(8-11)15-6-4-3-5-13(15)10-16/h10-15H,3-9H2,1-2H3. The van der Waals surface area contributed by atoms with Crippen LogP contribution < -0.4 is 0 Å². The van der Waals surface area contributed by atoms with Gasteiger partial charge in [-0.3, -0.25) is 0 Å². The average molecular weight is 222 g/mol. The van der Waals surface area contributed by atoms with E-state index in [9.17, 15) is 4.79 Å². The summed E-state index contributed by atoms with van der Waals surface area (Å²) in [4.78, 5) is 11.2. The van der Waals surface area contributed by atoms with Crippen LogP contribution in [0.25, 0.3) is 0 Å². The van der Waals surface area contributed by atoms with Crippen LogP contribution in [-0.4, -0.2) is 6.29 Å². The van der Waals surface area contributed by atoms with E-state index in [2.05, 4.69) is 13.8 Å². The van der Waals surface area contributed by atoms with Gasteiger partial charge in [-0.1, -0.05) is 26.7 Å². The second kappa shape index (κ2) is 5.33. The number of rotatable bonds is 2. The van der Waals surface area contributed by atoms with Gasteiger partial charge in [-0.15, -0.1) is 0 Å². The summed E-state index contributed by atoms with van der Waals surface area (Å²) < 4.78 is 0. The third-order valence-corrected chi connectivity index (χ3v) is 4.87. The first-order valence-electron chi connectivity index (χ1n) is 7.16. The highest BCUT2D eigenvalue weighted by atomic mass is 16.1. The lowest BCUT2D eigenvalue weighted by atomic mass is 9.64. The van der Waals surface area contributed by atoms with Crippen molar-refractivity contribution in [3.8, 4) is 0 Å². The summed E-state index contributed by atoms with van der Waals surface area (Å²) in [6.07, 6.45) is 10.5. The highest BCUT2D eigenvalue weighted by molar-refractivity contribution is 5.54. The van der Waals surface area contributed by atoms with Crippen molar-refractivity contribution in [1.29, 1.82) is 0 Å². The third kappa shape index (κ3) is 2.67. The van der Waals surface area contributed by atoms with Gasteiger partial charge in [0, 0.05) is 5.92 Å². The van der Waals surface area contributed by atoms with E-state index >= 15 is 0 Å². The molecule has 0 aromatic carbocycles. The molecule has 0 amide bonds. The van der Waals surface area contributed by atoms with E-state index in [1.807, 2.05) is 0 Å². The van der Waals surface area contributed by atoms with E-state index in [0.717, 1.165) is 30.1 Å². The predicted octanol–water partition coefficient (Wildman–Crippen LogP) is 4.06. The van der Waals surface area contributed by atoms with Crippen LogP contribution in [0.15, 0.2) is 0 Å². The summed E-state index contributed by atoms with van der Waals surface area (Å²) in [6, 6.07) is 0. The molecule has 2 aliphatic carbocycles. The zero-order valence-electron chi connectivity index (χ0n) is 10.8. The fraction of sp³-hybridized carbons (Fsp3) is 0.933. The van der Waals surface area contributed by atoms with Crippen molar-refractivity contribution in [3.05, 3.63) is 0 Å². The number of carbonyl (C=O) groups is 1. The Morgan fingerprint density at radius 2 is 1.56 bits per heavy atom. The van der Waals surface area contributed by atoms with Crippen LogP contribution in [-0.2, 0) is 4.79 Å². The first-order valence-corrected chi connectivity index (χ1v) is 7.16. The van der Waals surface area contributed by atoms with Crippen LogP contribution in [0.1, 0.15) is 58.8 Å².